The maximum atomic E-state index is 12.6. The Morgan fingerprint density at radius 2 is 2.00 bits per heavy atom. The van der Waals surface area contributed by atoms with Crippen molar-refractivity contribution in [2.75, 3.05) is 7.05 Å². The van der Waals surface area contributed by atoms with Gasteiger partial charge in [-0.25, -0.2) is 0 Å². The van der Waals surface area contributed by atoms with Crippen LogP contribution in [0, 0.1) is 0 Å². The van der Waals surface area contributed by atoms with E-state index in [-0.39, 0.29) is 16.9 Å². The summed E-state index contributed by atoms with van der Waals surface area (Å²) in [5.41, 5.74) is 1.66. The second kappa shape index (κ2) is 5.83. The minimum atomic E-state index is -0.388. The fourth-order valence-corrected chi connectivity index (χ4v) is 2.63. The van der Waals surface area contributed by atoms with E-state index in [0.717, 1.165) is 5.56 Å². The van der Waals surface area contributed by atoms with Gasteiger partial charge in [0.2, 0.25) is 5.43 Å². The quantitative estimate of drug-likeness (QED) is 0.776. The zero-order valence-electron chi connectivity index (χ0n) is 11.9. The molecule has 0 aliphatic rings. The summed E-state index contributed by atoms with van der Waals surface area (Å²) < 4.78 is 5.37. The highest BCUT2D eigenvalue weighted by Gasteiger charge is 2.16. The minimum Gasteiger partial charge on any atom is -0.480 e. The molecule has 0 fully saturated rings. The van der Waals surface area contributed by atoms with Crippen LogP contribution in [0.1, 0.15) is 5.56 Å². The number of hydrogen-bond donors (Lipinski definition) is 2. The van der Waals surface area contributed by atoms with Gasteiger partial charge in [0, 0.05) is 11.6 Å². The first-order valence-corrected chi connectivity index (χ1v) is 7.18. The zero-order chi connectivity index (χ0) is 15.7. The Morgan fingerprint density at radius 3 is 2.77 bits per heavy atom. The number of aromatic hydroxyl groups is 1. The highest BCUT2D eigenvalue weighted by Crippen LogP contribution is 2.31. The molecule has 5 heteroatoms. The summed E-state index contributed by atoms with van der Waals surface area (Å²) >= 11 is 6.13. The highest BCUT2D eigenvalue weighted by atomic mass is 35.5. The van der Waals surface area contributed by atoms with Gasteiger partial charge in [0.05, 0.1) is 5.39 Å². The first kappa shape index (κ1) is 14.6. The molecular weight excluding hydrogens is 302 g/mol. The van der Waals surface area contributed by atoms with E-state index in [1.54, 1.807) is 42.5 Å². The van der Waals surface area contributed by atoms with Crippen molar-refractivity contribution in [1.82, 2.24) is 5.32 Å². The van der Waals surface area contributed by atoms with Gasteiger partial charge in [0.25, 0.3) is 5.95 Å². The molecule has 4 nitrogen and oxygen atoms in total. The van der Waals surface area contributed by atoms with Crippen LogP contribution in [-0.4, -0.2) is 12.2 Å². The van der Waals surface area contributed by atoms with E-state index in [9.17, 15) is 9.90 Å². The molecule has 3 aromatic rings. The number of nitrogens with one attached hydrogen (secondary N) is 1. The molecule has 0 atom stereocenters. The molecule has 1 heterocycles. The van der Waals surface area contributed by atoms with E-state index in [1.807, 2.05) is 7.05 Å². The van der Waals surface area contributed by atoms with Crippen LogP contribution in [0.4, 0.5) is 0 Å². The van der Waals surface area contributed by atoms with Crippen molar-refractivity contribution in [1.29, 1.82) is 0 Å². The van der Waals surface area contributed by atoms with E-state index in [4.69, 9.17) is 16.0 Å². The summed E-state index contributed by atoms with van der Waals surface area (Å²) in [6.07, 6.45) is 0. The van der Waals surface area contributed by atoms with Gasteiger partial charge in [-0.15, -0.1) is 0 Å². The Bertz CT molecular complexity index is 902. The predicted molar refractivity (Wildman–Crippen MR) is 87.4 cm³/mol. The second-order valence-electron chi connectivity index (χ2n) is 4.94. The number of hydrogen-bond acceptors (Lipinski definition) is 4. The van der Waals surface area contributed by atoms with E-state index in [2.05, 4.69) is 5.32 Å². The van der Waals surface area contributed by atoms with Crippen LogP contribution in [0.25, 0.3) is 22.1 Å². The monoisotopic (exact) mass is 315 g/mol. The van der Waals surface area contributed by atoms with Gasteiger partial charge in [-0.3, -0.25) is 4.79 Å². The molecule has 22 heavy (non-hydrogen) atoms. The summed E-state index contributed by atoms with van der Waals surface area (Å²) in [6, 6.07) is 12.0. The first-order chi connectivity index (χ1) is 10.6. The molecule has 0 saturated heterocycles. The zero-order valence-corrected chi connectivity index (χ0v) is 12.6. The summed E-state index contributed by atoms with van der Waals surface area (Å²) in [4.78, 5) is 12.6. The van der Waals surface area contributed by atoms with Crippen LogP contribution < -0.4 is 10.7 Å². The van der Waals surface area contributed by atoms with Crippen molar-refractivity contribution in [2.24, 2.45) is 0 Å². The summed E-state index contributed by atoms with van der Waals surface area (Å²) in [5, 5.41) is 14.2. The Kier molecular flexibility index (Phi) is 3.88. The number of halogens is 1. The van der Waals surface area contributed by atoms with Gasteiger partial charge in [-0.2, -0.15) is 0 Å². The van der Waals surface area contributed by atoms with Crippen LogP contribution in [0.15, 0.2) is 51.7 Å². The van der Waals surface area contributed by atoms with Crippen LogP contribution in [0.5, 0.6) is 5.95 Å². The van der Waals surface area contributed by atoms with E-state index >= 15 is 0 Å². The summed E-state index contributed by atoms with van der Waals surface area (Å²) in [5.74, 6) is -0.388. The predicted octanol–water partition coefficient (Wildman–Crippen LogP) is 3.54. The van der Waals surface area contributed by atoms with Crippen molar-refractivity contribution < 1.29 is 9.52 Å². The number of benzene rings is 2. The van der Waals surface area contributed by atoms with Crippen molar-refractivity contribution in [3.63, 3.8) is 0 Å². The molecule has 2 aromatic carbocycles. The van der Waals surface area contributed by atoms with Gasteiger partial charge >= 0.3 is 0 Å². The average Bonchev–Trinajstić information content (AvgIpc) is 2.50. The van der Waals surface area contributed by atoms with Crippen molar-refractivity contribution in [2.45, 2.75) is 6.54 Å². The lowest BCUT2D eigenvalue weighted by atomic mass is 10.0. The lowest BCUT2D eigenvalue weighted by Crippen LogP contribution is -2.08. The summed E-state index contributed by atoms with van der Waals surface area (Å²) in [7, 11) is 1.81. The van der Waals surface area contributed by atoms with Gasteiger partial charge in [0.15, 0.2) is 0 Å². The van der Waals surface area contributed by atoms with Gasteiger partial charge < -0.3 is 14.8 Å². The van der Waals surface area contributed by atoms with Crippen LogP contribution in [0.2, 0.25) is 5.02 Å². The molecule has 2 N–H and O–H groups in total. The SMILES string of the molecule is CNCc1cc(-c2c(O)oc3ccccc3c2=O)ccc1Cl. The maximum Gasteiger partial charge on any atom is 0.294 e. The second-order valence-corrected chi connectivity index (χ2v) is 5.35. The third-order valence-corrected chi connectivity index (χ3v) is 3.85. The number of fused-ring (bicyclic) bond motifs is 1. The lowest BCUT2D eigenvalue weighted by molar-refractivity contribution is 0.342. The number of rotatable bonds is 3. The molecule has 0 saturated carbocycles. The van der Waals surface area contributed by atoms with Gasteiger partial charge in [-0.05, 0) is 42.4 Å². The smallest absolute Gasteiger partial charge is 0.294 e. The Morgan fingerprint density at radius 1 is 1.23 bits per heavy atom. The van der Waals surface area contributed by atoms with Gasteiger partial charge in [0.1, 0.15) is 11.1 Å². The van der Waals surface area contributed by atoms with Crippen LogP contribution in [-0.2, 0) is 6.54 Å². The van der Waals surface area contributed by atoms with Crippen molar-refractivity contribution in [3.8, 4) is 17.1 Å². The molecule has 112 valence electrons. The Hall–Kier alpha value is -2.30. The Balaban J connectivity index is 2.26. The molecule has 0 aliphatic carbocycles. The van der Waals surface area contributed by atoms with Crippen molar-refractivity contribution in [3.05, 3.63) is 63.3 Å². The third kappa shape index (κ3) is 2.47. The standard InChI is InChI=1S/C17H14ClNO3/c1-19-9-11-8-10(6-7-13(11)18)15-16(20)12-4-2-3-5-14(12)22-17(15)21/h2-8,19,21H,9H2,1H3. The third-order valence-electron chi connectivity index (χ3n) is 3.48. The van der Waals surface area contributed by atoms with Crippen LogP contribution >= 0.6 is 11.6 Å². The van der Waals surface area contributed by atoms with E-state index in [0.29, 0.717) is 28.1 Å². The topological polar surface area (TPSA) is 62.5 Å². The summed E-state index contributed by atoms with van der Waals surface area (Å²) in [6.45, 7) is 0.562. The molecule has 0 radical (unpaired) electrons. The number of para-hydroxylation sites is 1. The fourth-order valence-electron chi connectivity index (χ4n) is 2.44. The van der Waals surface area contributed by atoms with Gasteiger partial charge in [-0.1, -0.05) is 29.8 Å². The molecule has 1 aromatic heterocycles. The van der Waals surface area contributed by atoms with Crippen molar-refractivity contribution >= 4 is 22.6 Å². The van der Waals surface area contributed by atoms with E-state index < -0.39 is 0 Å². The molecule has 0 amide bonds. The minimum absolute atomic E-state index is 0.146. The average molecular weight is 316 g/mol. The molecule has 0 spiro atoms. The van der Waals surface area contributed by atoms with Crippen LogP contribution in [0.3, 0.4) is 0 Å². The van der Waals surface area contributed by atoms with E-state index in [1.165, 1.54) is 0 Å². The Labute approximate surface area is 132 Å². The molecular formula is C17H14ClNO3. The first-order valence-electron chi connectivity index (χ1n) is 6.80. The normalized spacial score (nSPS) is 11.0. The molecule has 3 rings (SSSR count). The lowest BCUT2D eigenvalue weighted by Gasteiger charge is -2.09. The molecule has 0 bridgehead atoms. The largest absolute Gasteiger partial charge is 0.480 e. The fraction of sp³-hybridized carbons (Fsp3) is 0.118. The maximum absolute atomic E-state index is 12.6. The molecule has 0 aliphatic heterocycles. The highest BCUT2D eigenvalue weighted by molar-refractivity contribution is 6.31. The molecule has 0 unspecified atom stereocenters.